The number of amides is 1. The van der Waals surface area contributed by atoms with Gasteiger partial charge in [0.25, 0.3) is 0 Å². The summed E-state index contributed by atoms with van der Waals surface area (Å²) in [6, 6.07) is 0. The molecule has 0 aliphatic rings. The van der Waals surface area contributed by atoms with Gasteiger partial charge in [-0.15, -0.1) is 0 Å². The number of carbonyl (C=O) groups excluding carboxylic acids is 2. The van der Waals surface area contributed by atoms with Gasteiger partial charge in [0, 0.05) is 43.1 Å². The van der Waals surface area contributed by atoms with E-state index in [0.29, 0.717) is 37.6 Å². The molecule has 0 bridgehead atoms. The highest BCUT2D eigenvalue weighted by Crippen LogP contribution is 2.14. The van der Waals surface area contributed by atoms with E-state index in [0.717, 1.165) is 63.0 Å². The topological polar surface area (TPSA) is 107 Å². The van der Waals surface area contributed by atoms with Crippen LogP contribution in [0.1, 0.15) is 141 Å². The van der Waals surface area contributed by atoms with Crippen LogP contribution in [0.4, 0.5) is 0 Å². The van der Waals surface area contributed by atoms with Gasteiger partial charge in [0.05, 0.1) is 19.8 Å². The molecule has 0 aliphatic carbocycles. The number of aliphatic hydroxyl groups is 3. The molecule has 0 heterocycles. The first-order valence-corrected chi connectivity index (χ1v) is 19.9. The second-order valence-electron chi connectivity index (χ2n) is 11.0. The quantitative estimate of drug-likeness (QED) is 0.0367. The Kier molecular flexibility index (Phi) is 43.2. The van der Waals surface area contributed by atoms with Crippen LogP contribution in [0.2, 0.25) is 0 Å². The molecule has 42 heavy (non-hydrogen) atoms. The summed E-state index contributed by atoms with van der Waals surface area (Å²) in [6.07, 6.45) is 24.8. The lowest BCUT2D eigenvalue weighted by atomic mass is 10.0. The largest absolute Gasteiger partial charge is 0.396 e. The van der Waals surface area contributed by atoms with Gasteiger partial charge in [-0.3, -0.25) is 9.59 Å². The fourth-order valence-corrected chi connectivity index (χ4v) is 6.02. The number of rotatable bonds is 33. The highest BCUT2D eigenvalue weighted by atomic mass is 32.2. The maximum Gasteiger partial charge on any atom is 0.219 e. The molecular weight excluding hydrogens is 587 g/mol. The molecule has 0 radical (unpaired) electrons. The molecule has 0 aliphatic heterocycles. The van der Waals surface area contributed by atoms with Crippen LogP contribution in [0.15, 0.2) is 0 Å². The minimum Gasteiger partial charge on any atom is -0.396 e. The molecular formula is C33H67NO5S3. The van der Waals surface area contributed by atoms with Gasteiger partial charge in [-0.05, 0) is 50.0 Å². The van der Waals surface area contributed by atoms with Crippen molar-refractivity contribution in [2.24, 2.45) is 0 Å². The Morgan fingerprint density at radius 1 is 0.476 bits per heavy atom. The average molecular weight is 654 g/mol. The summed E-state index contributed by atoms with van der Waals surface area (Å²) in [5, 5.41) is 28.3. The average Bonchev–Trinajstić information content (AvgIpc) is 3.00. The summed E-state index contributed by atoms with van der Waals surface area (Å²) in [4.78, 5) is 24.0. The highest BCUT2D eigenvalue weighted by molar-refractivity contribution is 7.99. The number of hydrogen-bond acceptors (Lipinski definition) is 8. The molecule has 252 valence electrons. The van der Waals surface area contributed by atoms with Crippen LogP contribution >= 0.6 is 36.2 Å². The van der Waals surface area contributed by atoms with Crippen LogP contribution in [0.5, 0.6) is 0 Å². The number of thiol groups is 1. The first-order chi connectivity index (χ1) is 20.6. The van der Waals surface area contributed by atoms with Crippen molar-refractivity contribution < 1.29 is 24.9 Å². The van der Waals surface area contributed by atoms with Gasteiger partial charge in [-0.25, -0.2) is 0 Å². The summed E-state index contributed by atoms with van der Waals surface area (Å²) in [7, 11) is 0. The van der Waals surface area contributed by atoms with Gasteiger partial charge < -0.3 is 20.6 Å². The minimum atomic E-state index is 0.179. The predicted octanol–water partition coefficient (Wildman–Crippen LogP) is 7.61. The predicted molar refractivity (Wildman–Crippen MR) is 189 cm³/mol. The van der Waals surface area contributed by atoms with Crippen molar-refractivity contribution in [1.29, 1.82) is 0 Å². The summed E-state index contributed by atoms with van der Waals surface area (Å²) in [5.41, 5.74) is 0. The fraction of sp³-hybridized carbons (Fsp3) is 0.939. The van der Waals surface area contributed by atoms with E-state index in [1.54, 1.807) is 0 Å². The molecule has 9 heteroatoms. The Morgan fingerprint density at radius 3 is 1.24 bits per heavy atom. The number of hydrogen-bond donors (Lipinski definition) is 5. The van der Waals surface area contributed by atoms with Crippen molar-refractivity contribution in [2.75, 3.05) is 55.1 Å². The standard InChI is InChI=1S/C31H61NO4S2.C2H6OS/c33-24-28-37-26-18-11-7-3-1-5-9-14-20-30(35)21-15-13-17-23-32-31(36)22-16-10-6-2-4-8-12-19-27-38-29-25-34;3-1-2-4/h33-34H,1-29H2,(H,32,36);3-4H,1-2H2. The van der Waals surface area contributed by atoms with E-state index in [1.165, 1.54) is 95.0 Å². The van der Waals surface area contributed by atoms with Gasteiger partial charge in [0.15, 0.2) is 0 Å². The van der Waals surface area contributed by atoms with Gasteiger partial charge in [0.2, 0.25) is 5.91 Å². The molecule has 0 saturated carbocycles. The molecule has 6 nitrogen and oxygen atoms in total. The van der Waals surface area contributed by atoms with Crippen molar-refractivity contribution >= 4 is 47.8 Å². The van der Waals surface area contributed by atoms with Crippen molar-refractivity contribution in [3.63, 3.8) is 0 Å². The lowest BCUT2D eigenvalue weighted by molar-refractivity contribution is -0.121. The van der Waals surface area contributed by atoms with Crippen LogP contribution in [-0.2, 0) is 9.59 Å². The smallest absolute Gasteiger partial charge is 0.219 e. The Morgan fingerprint density at radius 2 is 0.833 bits per heavy atom. The van der Waals surface area contributed by atoms with Crippen LogP contribution in [-0.4, -0.2) is 82.1 Å². The normalized spacial score (nSPS) is 10.9. The van der Waals surface area contributed by atoms with E-state index >= 15 is 0 Å². The second-order valence-corrected chi connectivity index (χ2v) is 13.9. The first-order valence-electron chi connectivity index (χ1n) is 17.0. The molecule has 0 aromatic rings. The minimum absolute atomic E-state index is 0.179. The van der Waals surface area contributed by atoms with Gasteiger partial charge in [0.1, 0.15) is 5.78 Å². The summed E-state index contributed by atoms with van der Waals surface area (Å²) in [5.74, 6) is 5.23. The van der Waals surface area contributed by atoms with Crippen LogP contribution in [0.3, 0.4) is 0 Å². The molecule has 0 fully saturated rings. The Labute approximate surface area is 273 Å². The zero-order valence-corrected chi connectivity index (χ0v) is 29.4. The van der Waals surface area contributed by atoms with Crippen LogP contribution in [0.25, 0.3) is 0 Å². The van der Waals surface area contributed by atoms with Crippen molar-refractivity contribution in [3.05, 3.63) is 0 Å². The second kappa shape index (κ2) is 41.1. The van der Waals surface area contributed by atoms with E-state index in [-0.39, 0.29) is 12.5 Å². The maximum atomic E-state index is 12.1. The molecule has 4 N–H and O–H groups in total. The van der Waals surface area contributed by atoms with Crippen LogP contribution < -0.4 is 5.32 Å². The number of ketones is 1. The number of unbranched alkanes of at least 4 members (excludes halogenated alkanes) is 16. The number of carbonyl (C=O) groups is 2. The van der Waals surface area contributed by atoms with Crippen molar-refractivity contribution in [1.82, 2.24) is 5.32 Å². The summed E-state index contributed by atoms with van der Waals surface area (Å²) in [6.45, 7) is 1.51. The fourth-order valence-electron chi connectivity index (χ4n) is 4.54. The highest BCUT2D eigenvalue weighted by Gasteiger charge is 2.04. The monoisotopic (exact) mass is 653 g/mol. The molecule has 0 aromatic heterocycles. The lowest BCUT2D eigenvalue weighted by Gasteiger charge is -2.06. The van der Waals surface area contributed by atoms with Gasteiger partial charge in [-0.2, -0.15) is 36.2 Å². The third-order valence-electron chi connectivity index (χ3n) is 6.96. The first kappa shape index (κ1) is 44.2. The lowest BCUT2D eigenvalue weighted by Crippen LogP contribution is -2.23. The zero-order chi connectivity index (χ0) is 31.2. The maximum absolute atomic E-state index is 12.1. The number of Topliss-reactive ketones (excluding diaryl/α,β-unsaturated/α-hetero) is 1. The van der Waals surface area contributed by atoms with Gasteiger partial charge >= 0.3 is 0 Å². The van der Waals surface area contributed by atoms with E-state index in [4.69, 9.17) is 15.3 Å². The molecule has 0 unspecified atom stereocenters. The Balaban J connectivity index is 0. The molecule has 0 atom stereocenters. The van der Waals surface area contributed by atoms with E-state index in [9.17, 15) is 9.59 Å². The summed E-state index contributed by atoms with van der Waals surface area (Å²) >= 11 is 7.36. The SMILES string of the molecule is O=C(CCCCCCCCCCSCCO)CCCCCNC(=O)CCCCCCCCCCSCCO.OCCS. The van der Waals surface area contributed by atoms with E-state index in [1.807, 2.05) is 23.5 Å². The zero-order valence-electron chi connectivity index (χ0n) is 26.8. The Bertz CT molecular complexity index is 498. The van der Waals surface area contributed by atoms with Crippen LogP contribution in [0, 0.1) is 0 Å². The van der Waals surface area contributed by atoms with Crippen molar-refractivity contribution in [3.8, 4) is 0 Å². The third-order valence-corrected chi connectivity index (χ3v) is 9.26. The number of nitrogens with one attached hydrogen (secondary N) is 1. The number of thioether (sulfide) groups is 2. The molecule has 0 aromatic carbocycles. The van der Waals surface area contributed by atoms with E-state index in [2.05, 4.69) is 17.9 Å². The summed E-state index contributed by atoms with van der Waals surface area (Å²) < 4.78 is 0. The van der Waals surface area contributed by atoms with Gasteiger partial charge in [-0.1, -0.05) is 83.5 Å². The Hall–Kier alpha value is 0.0700. The van der Waals surface area contributed by atoms with Crippen molar-refractivity contribution in [2.45, 2.75) is 141 Å². The third kappa shape index (κ3) is 42.2. The van der Waals surface area contributed by atoms with E-state index < -0.39 is 0 Å². The molecule has 0 spiro atoms. The molecule has 0 rings (SSSR count). The number of aliphatic hydroxyl groups excluding tert-OH is 3. The molecule has 0 saturated heterocycles. The molecule has 1 amide bonds.